The molecule has 0 radical (unpaired) electrons. The summed E-state index contributed by atoms with van der Waals surface area (Å²) in [6.07, 6.45) is 7.44. The molecule has 0 spiro atoms. The van der Waals surface area contributed by atoms with Crippen molar-refractivity contribution in [1.82, 2.24) is 0 Å². The first-order chi connectivity index (χ1) is 8.99. The number of hydrogen-bond acceptors (Lipinski definition) is 3. The van der Waals surface area contributed by atoms with E-state index in [1.54, 1.807) is 0 Å². The smallest absolute Gasteiger partial charge is 0.168 e. The molecule has 3 heteroatoms. The van der Waals surface area contributed by atoms with Gasteiger partial charge in [-0.15, -0.1) is 0 Å². The van der Waals surface area contributed by atoms with E-state index in [2.05, 4.69) is 13.8 Å². The molecular formula is C16H26O3. The molecule has 19 heavy (non-hydrogen) atoms. The van der Waals surface area contributed by atoms with Crippen molar-refractivity contribution in [3.05, 3.63) is 0 Å². The van der Waals surface area contributed by atoms with Gasteiger partial charge in [-0.05, 0) is 44.4 Å². The summed E-state index contributed by atoms with van der Waals surface area (Å²) in [6, 6.07) is 0. The number of rotatable bonds is 1. The Morgan fingerprint density at radius 1 is 1.26 bits per heavy atom. The number of Topliss-reactive ketones (excluding diaryl/α,β-unsaturated/α-hetero) is 1. The molecule has 3 rings (SSSR count). The van der Waals surface area contributed by atoms with E-state index in [0.717, 1.165) is 44.9 Å². The summed E-state index contributed by atoms with van der Waals surface area (Å²) in [6.45, 7) is 4.25. The zero-order chi connectivity index (χ0) is 13.7. The van der Waals surface area contributed by atoms with Gasteiger partial charge < -0.3 is 9.84 Å². The van der Waals surface area contributed by atoms with Crippen LogP contribution in [0.2, 0.25) is 0 Å². The maximum atomic E-state index is 12.3. The van der Waals surface area contributed by atoms with Crippen LogP contribution in [0.15, 0.2) is 0 Å². The van der Waals surface area contributed by atoms with E-state index in [0.29, 0.717) is 18.1 Å². The van der Waals surface area contributed by atoms with Crippen LogP contribution >= 0.6 is 0 Å². The van der Waals surface area contributed by atoms with Gasteiger partial charge in [0.05, 0.1) is 6.10 Å². The van der Waals surface area contributed by atoms with E-state index >= 15 is 0 Å². The maximum absolute atomic E-state index is 12.3. The Bertz CT molecular complexity index is 380. The topological polar surface area (TPSA) is 46.5 Å². The minimum absolute atomic E-state index is 0.165. The summed E-state index contributed by atoms with van der Waals surface area (Å²) < 4.78 is 6.00. The van der Waals surface area contributed by atoms with Gasteiger partial charge in [0.1, 0.15) is 5.78 Å². The van der Waals surface area contributed by atoms with E-state index in [-0.39, 0.29) is 17.4 Å². The predicted octanol–water partition coefficient (Wildman–Crippen LogP) is 3.05. The molecule has 3 nitrogen and oxygen atoms in total. The first kappa shape index (κ1) is 13.6. The predicted molar refractivity (Wildman–Crippen MR) is 72.5 cm³/mol. The highest BCUT2D eigenvalue weighted by Crippen LogP contribution is 2.57. The SMILES string of the molecule is CCC1CC[C@@H]2C3CCCC(=O)[C@@]3(C)CC[C@]2(O)O1. The van der Waals surface area contributed by atoms with Crippen molar-refractivity contribution in [2.24, 2.45) is 17.3 Å². The second-order valence-corrected chi connectivity index (χ2v) is 7.02. The monoisotopic (exact) mass is 266 g/mol. The van der Waals surface area contributed by atoms with Gasteiger partial charge in [-0.3, -0.25) is 4.79 Å². The molecule has 0 bridgehead atoms. The van der Waals surface area contributed by atoms with Crippen LogP contribution < -0.4 is 0 Å². The van der Waals surface area contributed by atoms with Crippen LogP contribution in [0.3, 0.4) is 0 Å². The lowest BCUT2D eigenvalue weighted by Gasteiger charge is -2.57. The molecule has 108 valence electrons. The number of ether oxygens (including phenoxy) is 1. The van der Waals surface area contributed by atoms with E-state index in [1.807, 2.05) is 0 Å². The van der Waals surface area contributed by atoms with Crippen molar-refractivity contribution in [3.8, 4) is 0 Å². The largest absolute Gasteiger partial charge is 0.365 e. The minimum Gasteiger partial charge on any atom is -0.365 e. The third kappa shape index (κ3) is 1.97. The third-order valence-electron chi connectivity index (χ3n) is 6.07. The molecule has 0 aromatic heterocycles. The molecule has 0 amide bonds. The number of carbonyl (C=O) groups excluding carboxylic acids is 1. The summed E-state index contributed by atoms with van der Waals surface area (Å²) in [5.74, 6) is -0.0483. The molecule has 1 heterocycles. The summed E-state index contributed by atoms with van der Waals surface area (Å²) in [5, 5.41) is 10.9. The highest BCUT2D eigenvalue weighted by molar-refractivity contribution is 5.85. The second kappa shape index (κ2) is 4.56. The van der Waals surface area contributed by atoms with Crippen LogP contribution in [0.1, 0.15) is 65.2 Å². The second-order valence-electron chi connectivity index (χ2n) is 7.02. The number of carbonyl (C=O) groups is 1. The molecule has 5 atom stereocenters. The Hall–Kier alpha value is -0.410. The van der Waals surface area contributed by atoms with Crippen molar-refractivity contribution >= 4 is 5.78 Å². The zero-order valence-corrected chi connectivity index (χ0v) is 12.2. The fourth-order valence-electron chi connectivity index (χ4n) is 4.78. The molecule has 1 N–H and O–H groups in total. The zero-order valence-electron chi connectivity index (χ0n) is 12.2. The van der Waals surface area contributed by atoms with Crippen LogP contribution in [0.5, 0.6) is 0 Å². The van der Waals surface area contributed by atoms with Gasteiger partial charge in [0, 0.05) is 24.2 Å². The molecule has 1 aliphatic heterocycles. The molecular weight excluding hydrogens is 240 g/mol. The number of aliphatic hydroxyl groups is 1. The highest BCUT2D eigenvalue weighted by atomic mass is 16.6. The molecule has 2 unspecified atom stereocenters. The van der Waals surface area contributed by atoms with Gasteiger partial charge in [0.15, 0.2) is 5.79 Å². The molecule has 1 saturated heterocycles. The lowest BCUT2D eigenvalue weighted by Crippen LogP contribution is -2.60. The molecule has 3 aliphatic rings. The lowest BCUT2D eigenvalue weighted by atomic mass is 9.53. The Balaban J connectivity index is 1.87. The lowest BCUT2D eigenvalue weighted by molar-refractivity contribution is -0.318. The maximum Gasteiger partial charge on any atom is 0.168 e. The van der Waals surface area contributed by atoms with Gasteiger partial charge in [0.2, 0.25) is 0 Å². The standard InChI is InChI=1S/C16H26O3/c1-3-11-7-8-13-12-5-4-6-14(17)15(12,2)9-10-16(13,18)19-11/h11-13,18H,3-10H2,1-2H3/t11?,12?,13-,15+,16+/m1/s1. The molecule has 0 aromatic carbocycles. The summed E-state index contributed by atoms with van der Waals surface area (Å²) >= 11 is 0. The average Bonchev–Trinajstić information content (AvgIpc) is 2.40. The van der Waals surface area contributed by atoms with E-state index in [9.17, 15) is 9.90 Å². The first-order valence-electron chi connectivity index (χ1n) is 7.93. The van der Waals surface area contributed by atoms with Crippen LogP contribution in [0.4, 0.5) is 0 Å². The summed E-state index contributed by atoms with van der Waals surface area (Å²) in [4.78, 5) is 12.3. The Morgan fingerprint density at radius 3 is 2.79 bits per heavy atom. The van der Waals surface area contributed by atoms with Gasteiger partial charge in [-0.25, -0.2) is 0 Å². The van der Waals surface area contributed by atoms with Gasteiger partial charge in [-0.1, -0.05) is 13.8 Å². The van der Waals surface area contributed by atoms with Crippen molar-refractivity contribution in [1.29, 1.82) is 0 Å². The van der Waals surface area contributed by atoms with Crippen molar-refractivity contribution < 1.29 is 14.6 Å². The summed E-state index contributed by atoms with van der Waals surface area (Å²) in [5.41, 5.74) is -0.197. The molecule has 2 saturated carbocycles. The van der Waals surface area contributed by atoms with Crippen molar-refractivity contribution in [2.75, 3.05) is 0 Å². The Kier molecular flexibility index (Phi) is 3.25. The Morgan fingerprint density at radius 2 is 2.05 bits per heavy atom. The normalized spacial score (nSPS) is 50.5. The van der Waals surface area contributed by atoms with Gasteiger partial charge in [0.25, 0.3) is 0 Å². The number of ketones is 1. The van der Waals surface area contributed by atoms with Gasteiger partial charge in [-0.2, -0.15) is 0 Å². The molecule has 2 aliphatic carbocycles. The van der Waals surface area contributed by atoms with Crippen molar-refractivity contribution in [2.45, 2.75) is 77.1 Å². The summed E-state index contributed by atoms with van der Waals surface area (Å²) in [7, 11) is 0. The van der Waals surface area contributed by atoms with Gasteiger partial charge >= 0.3 is 0 Å². The van der Waals surface area contributed by atoms with Crippen LogP contribution in [0, 0.1) is 17.3 Å². The third-order valence-corrected chi connectivity index (χ3v) is 6.07. The number of hydrogen-bond donors (Lipinski definition) is 1. The minimum atomic E-state index is -0.958. The van der Waals surface area contributed by atoms with Crippen LogP contribution in [-0.2, 0) is 9.53 Å². The average molecular weight is 266 g/mol. The fourth-order valence-corrected chi connectivity index (χ4v) is 4.78. The van der Waals surface area contributed by atoms with Crippen LogP contribution in [0.25, 0.3) is 0 Å². The highest BCUT2D eigenvalue weighted by Gasteiger charge is 2.58. The number of fused-ring (bicyclic) bond motifs is 3. The first-order valence-corrected chi connectivity index (χ1v) is 7.93. The van der Waals surface area contributed by atoms with E-state index in [4.69, 9.17) is 4.74 Å². The molecule has 3 fully saturated rings. The van der Waals surface area contributed by atoms with Crippen molar-refractivity contribution in [3.63, 3.8) is 0 Å². The van der Waals surface area contributed by atoms with E-state index < -0.39 is 5.79 Å². The fraction of sp³-hybridized carbons (Fsp3) is 0.938. The van der Waals surface area contributed by atoms with E-state index in [1.165, 1.54) is 0 Å². The quantitative estimate of drug-likeness (QED) is 0.793. The van der Waals surface area contributed by atoms with Crippen LogP contribution in [-0.4, -0.2) is 22.8 Å². The molecule has 0 aromatic rings. The Labute approximate surface area is 115 Å².